The summed E-state index contributed by atoms with van der Waals surface area (Å²) in [7, 11) is 1.88. The van der Waals surface area contributed by atoms with E-state index in [0.717, 1.165) is 16.8 Å². The monoisotopic (exact) mass is 218 g/mol. The molecule has 1 heterocycles. The molecule has 84 valence electrons. The van der Waals surface area contributed by atoms with Crippen LogP contribution in [0.3, 0.4) is 0 Å². The summed E-state index contributed by atoms with van der Waals surface area (Å²) in [5.41, 5.74) is 2.90. The van der Waals surface area contributed by atoms with Gasteiger partial charge in [0.1, 0.15) is 5.82 Å². The van der Waals surface area contributed by atoms with Gasteiger partial charge in [-0.1, -0.05) is 13.8 Å². The fourth-order valence-corrected chi connectivity index (χ4v) is 1.80. The Morgan fingerprint density at radius 2 is 2.00 bits per heavy atom. The molecule has 0 spiro atoms. The van der Waals surface area contributed by atoms with E-state index in [1.807, 2.05) is 19.3 Å². The van der Waals surface area contributed by atoms with E-state index in [2.05, 4.69) is 18.9 Å². The zero-order valence-corrected chi connectivity index (χ0v) is 9.74. The highest BCUT2D eigenvalue weighted by atomic mass is 19.1. The highest BCUT2D eigenvalue weighted by Gasteiger charge is 2.11. The predicted octanol–water partition coefficient (Wildman–Crippen LogP) is 3.35. The molecular weight excluding hydrogens is 203 g/mol. The van der Waals surface area contributed by atoms with E-state index in [9.17, 15) is 4.39 Å². The zero-order chi connectivity index (χ0) is 11.7. The van der Waals surface area contributed by atoms with Gasteiger partial charge >= 0.3 is 0 Å². The van der Waals surface area contributed by atoms with Gasteiger partial charge < -0.3 is 0 Å². The van der Waals surface area contributed by atoms with Crippen molar-refractivity contribution in [1.82, 2.24) is 9.78 Å². The normalized spacial score (nSPS) is 11.1. The summed E-state index contributed by atoms with van der Waals surface area (Å²) in [6.07, 6.45) is 1.89. The molecule has 0 saturated heterocycles. The molecule has 0 saturated carbocycles. The summed E-state index contributed by atoms with van der Waals surface area (Å²) in [5, 5.41) is 4.35. The molecule has 0 aliphatic carbocycles. The van der Waals surface area contributed by atoms with Gasteiger partial charge in [0.25, 0.3) is 0 Å². The maximum absolute atomic E-state index is 13.2. The molecule has 0 aliphatic rings. The van der Waals surface area contributed by atoms with Crippen molar-refractivity contribution < 1.29 is 4.39 Å². The second-order valence-electron chi connectivity index (χ2n) is 4.26. The van der Waals surface area contributed by atoms with E-state index in [0.29, 0.717) is 0 Å². The first-order chi connectivity index (χ1) is 7.58. The quantitative estimate of drug-likeness (QED) is 0.755. The van der Waals surface area contributed by atoms with Crippen LogP contribution in [0.15, 0.2) is 30.5 Å². The van der Waals surface area contributed by atoms with E-state index < -0.39 is 0 Å². The van der Waals surface area contributed by atoms with Crippen LogP contribution in [0.1, 0.15) is 25.3 Å². The summed E-state index contributed by atoms with van der Waals surface area (Å²) >= 11 is 0. The minimum Gasteiger partial charge on any atom is -0.275 e. The summed E-state index contributed by atoms with van der Waals surface area (Å²) in [6.45, 7) is 4.11. The average molecular weight is 218 g/mol. The molecule has 2 aromatic rings. The smallest absolute Gasteiger partial charge is 0.123 e. The third-order valence-electron chi connectivity index (χ3n) is 2.63. The SMILES string of the molecule is CC(C)c1cc(F)ccc1-c1ccn(C)n1. The van der Waals surface area contributed by atoms with Gasteiger partial charge in [-0.25, -0.2) is 4.39 Å². The lowest BCUT2D eigenvalue weighted by molar-refractivity contribution is 0.623. The molecular formula is C13H15FN2. The van der Waals surface area contributed by atoms with Crippen LogP contribution in [0.25, 0.3) is 11.3 Å². The Labute approximate surface area is 94.7 Å². The number of benzene rings is 1. The molecule has 0 amide bonds. The number of hydrogen-bond acceptors (Lipinski definition) is 1. The van der Waals surface area contributed by atoms with Crippen LogP contribution >= 0.6 is 0 Å². The van der Waals surface area contributed by atoms with E-state index in [-0.39, 0.29) is 11.7 Å². The Bertz CT molecular complexity index is 500. The van der Waals surface area contributed by atoms with Crippen LogP contribution in [0.2, 0.25) is 0 Å². The van der Waals surface area contributed by atoms with E-state index in [4.69, 9.17) is 0 Å². The van der Waals surface area contributed by atoms with Crippen LogP contribution < -0.4 is 0 Å². The lowest BCUT2D eigenvalue weighted by Gasteiger charge is -2.10. The molecule has 0 aliphatic heterocycles. The zero-order valence-electron chi connectivity index (χ0n) is 9.74. The third kappa shape index (κ3) is 1.98. The first-order valence-electron chi connectivity index (χ1n) is 5.37. The van der Waals surface area contributed by atoms with E-state index >= 15 is 0 Å². The Kier molecular flexibility index (Phi) is 2.77. The number of nitrogens with zero attached hydrogens (tertiary/aromatic N) is 2. The summed E-state index contributed by atoms with van der Waals surface area (Å²) in [4.78, 5) is 0. The Morgan fingerprint density at radius 1 is 1.25 bits per heavy atom. The van der Waals surface area contributed by atoms with Crippen molar-refractivity contribution >= 4 is 0 Å². The van der Waals surface area contributed by atoms with Gasteiger partial charge in [-0.05, 0) is 35.7 Å². The van der Waals surface area contributed by atoms with Gasteiger partial charge in [0.05, 0.1) is 5.69 Å². The second-order valence-corrected chi connectivity index (χ2v) is 4.26. The van der Waals surface area contributed by atoms with Crippen molar-refractivity contribution in [3.63, 3.8) is 0 Å². The van der Waals surface area contributed by atoms with Gasteiger partial charge in [-0.15, -0.1) is 0 Å². The van der Waals surface area contributed by atoms with Gasteiger partial charge in [0.2, 0.25) is 0 Å². The molecule has 1 aromatic carbocycles. The number of aromatic nitrogens is 2. The van der Waals surface area contributed by atoms with Crippen molar-refractivity contribution in [1.29, 1.82) is 0 Å². The van der Waals surface area contributed by atoms with Gasteiger partial charge in [-0.3, -0.25) is 4.68 Å². The van der Waals surface area contributed by atoms with Crippen molar-refractivity contribution in [2.45, 2.75) is 19.8 Å². The molecule has 0 fully saturated rings. The minimum atomic E-state index is -0.191. The van der Waals surface area contributed by atoms with Crippen LogP contribution in [0.4, 0.5) is 4.39 Å². The van der Waals surface area contributed by atoms with Crippen molar-refractivity contribution in [3.05, 3.63) is 41.8 Å². The maximum Gasteiger partial charge on any atom is 0.123 e. The third-order valence-corrected chi connectivity index (χ3v) is 2.63. The molecule has 0 radical (unpaired) electrons. The first kappa shape index (κ1) is 10.9. The molecule has 2 nitrogen and oxygen atoms in total. The fourth-order valence-electron chi connectivity index (χ4n) is 1.80. The van der Waals surface area contributed by atoms with E-state index in [1.54, 1.807) is 16.8 Å². The number of hydrogen-bond donors (Lipinski definition) is 0. The van der Waals surface area contributed by atoms with Crippen LogP contribution in [-0.2, 0) is 7.05 Å². The Morgan fingerprint density at radius 3 is 2.56 bits per heavy atom. The topological polar surface area (TPSA) is 17.8 Å². The number of rotatable bonds is 2. The molecule has 1 aromatic heterocycles. The highest BCUT2D eigenvalue weighted by molar-refractivity contribution is 5.64. The summed E-state index contributed by atoms with van der Waals surface area (Å²) in [6, 6.07) is 6.82. The van der Waals surface area contributed by atoms with Gasteiger partial charge in [0.15, 0.2) is 0 Å². The Balaban J connectivity index is 2.56. The van der Waals surface area contributed by atoms with E-state index in [1.165, 1.54) is 6.07 Å². The fraction of sp³-hybridized carbons (Fsp3) is 0.308. The lowest BCUT2D eigenvalue weighted by Crippen LogP contribution is -1.95. The number of aryl methyl sites for hydroxylation is 1. The summed E-state index contributed by atoms with van der Waals surface area (Å²) < 4.78 is 15.0. The maximum atomic E-state index is 13.2. The molecule has 3 heteroatoms. The van der Waals surface area contributed by atoms with Gasteiger partial charge in [-0.2, -0.15) is 5.10 Å². The van der Waals surface area contributed by atoms with Crippen molar-refractivity contribution in [2.24, 2.45) is 7.05 Å². The summed E-state index contributed by atoms with van der Waals surface area (Å²) in [5.74, 6) is 0.0936. The number of halogens is 1. The standard InChI is InChI=1S/C13H15FN2/c1-9(2)12-8-10(14)4-5-11(12)13-6-7-16(3)15-13/h4-9H,1-3H3. The van der Waals surface area contributed by atoms with Crippen LogP contribution in [0, 0.1) is 5.82 Å². The molecule has 0 bridgehead atoms. The second kappa shape index (κ2) is 4.08. The largest absolute Gasteiger partial charge is 0.275 e. The van der Waals surface area contributed by atoms with Crippen LogP contribution in [0.5, 0.6) is 0 Å². The first-order valence-corrected chi connectivity index (χ1v) is 5.37. The molecule has 0 atom stereocenters. The Hall–Kier alpha value is -1.64. The molecule has 0 unspecified atom stereocenters. The van der Waals surface area contributed by atoms with Crippen molar-refractivity contribution in [2.75, 3.05) is 0 Å². The van der Waals surface area contributed by atoms with Crippen LogP contribution in [-0.4, -0.2) is 9.78 Å². The highest BCUT2D eigenvalue weighted by Crippen LogP contribution is 2.28. The molecule has 2 rings (SSSR count). The minimum absolute atomic E-state index is 0.191. The molecule has 0 N–H and O–H groups in total. The molecule has 16 heavy (non-hydrogen) atoms. The average Bonchev–Trinajstić information content (AvgIpc) is 2.64. The lowest BCUT2D eigenvalue weighted by atomic mass is 9.95. The van der Waals surface area contributed by atoms with Crippen molar-refractivity contribution in [3.8, 4) is 11.3 Å². The van der Waals surface area contributed by atoms with Gasteiger partial charge in [0, 0.05) is 18.8 Å². The predicted molar refractivity (Wildman–Crippen MR) is 62.7 cm³/mol.